The van der Waals surface area contributed by atoms with Crippen molar-refractivity contribution in [3.8, 4) is 11.8 Å². The molecule has 2 aromatic rings. The molecular weight excluding hydrogens is 406 g/mol. The third-order valence-corrected chi connectivity index (χ3v) is 3.87. The van der Waals surface area contributed by atoms with Crippen LogP contribution in [0.2, 0.25) is 5.02 Å². The summed E-state index contributed by atoms with van der Waals surface area (Å²) in [6, 6.07) is 8.85. The summed E-state index contributed by atoms with van der Waals surface area (Å²) in [5.74, 6) is -0.655. The average Bonchev–Trinajstić information content (AvgIpc) is 2.69. The van der Waals surface area contributed by atoms with Crippen LogP contribution in [0.1, 0.15) is 0 Å². The number of hydrogen-bond acceptors (Lipinski definition) is 8. The lowest BCUT2D eigenvalue weighted by atomic mass is 10.2. The number of carbonyl (C=O) groups excluding carboxylic acids is 1. The van der Waals surface area contributed by atoms with E-state index in [9.17, 15) is 30.3 Å². The number of anilines is 2. The van der Waals surface area contributed by atoms with Gasteiger partial charge in [0.2, 0.25) is 0 Å². The standard InChI is InChI=1S/C17H12ClN5O6/c1-29-16-5-3-12(23(27)28)7-15(16)20-9-10(8-19)17(24)21-14-6-11(22(25)26)2-4-13(14)18/h2-7,9,20H,1H3,(H,21,24)/b10-9-. The highest BCUT2D eigenvalue weighted by Crippen LogP contribution is 2.29. The number of nitrogens with zero attached hydrogens (tertiary/aromatic N) is 3. The van der Waals surface area contributed by atoms with Crippen LogP contribution in [-0.2, 0) is 4.79 Å². The van der Waals surface area contributed by atoms with Crippen molar-refractivity contribution in [1.82, 2.24) is 0 Å². The van der Waals surface area contributed by atoms with E-state index in [1.807, 2.05) is 0 Å². The molecular formula is C17H12ClN5O6. The number of nitro benzene ring substituents is 2. The molecule has 0 aliphatic rings. The molecule has 29 heavy (non-hydrogen) atoms. The highest BCUT2D eigenvalue weighted by atomic mass is 35.5. The molecule has 2 N–H and O–H groups in total. The molecule has 0 radical (unpaired) electrons. The van der Waals surface area contributed by atoms with E-state index < -0.39 is 21.3 Å². The van der Waals surface area contributed by atoms with Crippen molar-refractivity contribution >= 4 is 40.3 Å². The molecule has 0 bridgehead atoms. The maximum atomic E-state index is 12.3. The number of nitro groups is 2. The van der Waals surface area contributed by atoms with Crippen LogP contribution < -0.4 is 15.4 Å². The molecule has 0 aliphatic heterocycles. The second kappa shape index (κ2) is 9.16. The van der Waals surface area contributed by atoms with Crippen LogP contribution in [0, 0.1) is 31.6 Å². The molecule has 148 valence electrons. The molecule has 1 amide bonds. The van der Waals surface area contributed by atoms with E-state index in [4.69, 9.17) is 16.3 Å². The van der Waals surface area contributed by atoms with Gasteiger partial charge in [0.1, 0.15) is 17.4 Å². The van der Waals surface area contributed by atoms with Crippen LogP contribution in [0.5, 0.6) is 5.75 Å². The Morgan fingerprint density at radius 3 is 2.28 bits per heavy atom. The molecule has 0 saturated heterocycles. The number of halogens is 1. The Hall–Kier alpha value is -4.17. The van der Waals surface area contributed by atoms with Crippen molar-refractivity contribution in [3.05, 3.63) is 73.4 Å². The van der Waals surface area contributed by atoms with Crippen molar-refractivity contribution in [3.63, 3.8) is 0 Å². The van der Waals surface area contributed by atoms with Crippen LogP contribution in [0.3, 0.4) is 0 Å². The van der Waals surface area contributed by atoms with Crippen LogP contribution in [-0.4, -0.2) is 22.9 Å². The normalized spacial score (nSPS) is 10.6. The maximum Gasteiger partial charge on any atom is 0.271 e. The van der Waals surface area contributed by atoms with Gasteiger partial charge in [-0.05, 0) is 12.1 Å². The summed E-state index contributed by atoms with van der Waals surface area (Å²) in [5.41, 5.74) is -0.851. The Balaban J connectivity index is 2.27. The number of non-ortho nitro benzene ring substituents is 2. The maximum absolute atomic E-state index is 12.3. The van der Waals surface area contributed by atoms with Crippen molar-refractivity contribution in [1.29, 1.82) is 5.26 Å². The van der Waals surface area contributed by atoms with Crippen LogP contribution in [0.4, 0.5) is 22.7 Å². The zero-order valence-electron chi connectivity index (χ0n) is 14.7. The van der Waals surface area contributed by atoms with Crippen LogP contribution in [0.15, 0.2) is 48.2 Å². The fraction of sp³-hybridized carbons (Fsp3) is 0.0588. The number of rotatable bonds is 7. The molecule has 12 heteroatoms. The lowest BCUT2D eigenvalue weighted by molar-refractivity contribution is -0.385. The quantitative estimate of drug-likeness (QED) is 0.299. The summed E-state index contributed by atoms with van der Waals surface area (Å²) in [6.07, 6.45) is 1.02. The minimum absolute atomic E-state index is 0.0366. The van der Waals surface area contributed by atoms with E-state index in [0.717, 1.165) is 18.3 Å². The predicted molar refractivity (Wildman–Crippen MR) is 104 cm³/mol. The van der Waals surface area contributed by atoms with Crippen molar-refractivity contribution < 1.29 is 19.4 Å². The van der Waals surface area contributed by atoms with E-state index in [1.165, 1.54) is 31.4 Å². The van der Waals surface area contributed by atoms with Gasteiger partial charge in [0.15, 0.2) is 0 Å². The molecule has 0 fully saturated rings. The van der Waals surface area contributed by atoms with Crippen molar-refractivity contribution in [2.75, 3.05) is 17.7 Å². The number of amides is 1. The summed E-state index contributed by atoms with van der Waals surface area (Å²) >= 11 is 5.92. The molecule has 2 aromatic carbocycles. The van der Waals surface area contributed by atoms with Crippen LogP contribution in [0.25, 0.3) is 0 Å². The summed E-state index contributed by atoms with van der Waals surface area (Å²) < 4.78 is 5.07. The van der Waals surface area contributed by atoms with E-state index in [-0.39, 0.29) is 33.5 Å². The Labute approximate surface area is 168 Å². The molecule has 0 spiro atoms. The first-order chi connectivity index (χ1) is 13.8. The second-order valence-electron chi connectivity index (χ2n) is 5.33. The number of ether oxygens (including phenoxy) is 1. The topological polar surface area (TPSA) is 160 Å². The average molecular weight is 418 g/mol. The first-order valence-electron chi connectivity index (χ1n) is 7.71. The molecule has 2 rings (SSSR count). The molecule has 0 atom stereocenters. The third-order valence-electron chi connectivity index (χ3n) is 3.54. The molecule has 0 heterocycles. The first kappa shape index (κ1) is 21.1. The fourth-order valence-corrected chi connectivity index (χ4v) is 2.30. The predicted octanol–water partition coefficient (Wildman–Crippen LogP) is 3.62. The molecule has 0 aromatic heterocycles. The summed E-state index contributed by atoms with van der Waals surface area (Å²) in [5, 5.41) is 35.9. The number of carbonyl (C=O) groups is 1. The van der Waals surface area contributed by atoms with Gasteiger partial charge in [0, 0.05) is 30.5 Å². The molecule has 0 saturated carbocycles. The molecule has 11 nitrogen and oxygen atoms in total. The van der Waals surface area contributed by atoms with Gasteiger partial charge in [0.25, 0.3) is 17.3 Å². The van der Waals surface area contributed by atoms with Gasteiger partial charge < -0.3 is 15.4 Å². The lowest BCUT2D eigenvalue weighted by Crippen LogP contribution is -2.15. The van der Waals surface area contributed by atoms with Crippen LogP contribution >= 0.6 is 11.6 Å². The van der Waals surface area contributed by atoms with E-state index >= 15 is 0 Å². The Kier molecular flexibility index (Phi) is 6.67. The van der Waals surface area contributed by atoms with E-state index in [0.29, 0.717) is 0 Å². The second-order valence-corrected chi connectivity index (χ2v) is 5.74. The Morgan fingerprint density at radius 1 is 1.14 bits per heavy atom. The first-order valence-corrected chi connectivity index (χ1v) is 8.09. The summed E-state index contributed by atoms with van der Waals surface area (Å²) in [6.45, 7) is 0. The monoisotopic (exact) mass is 417 g/mol. The Bertz CT molecular complexity index is 1060. The number of methoxy groups -OCH3 is 1. The SMILES string of the molecule is COc1ccc([N+](=O)[O-])cc1N/C=C(/C#N)C(=O)Nc1cc([N+](=O)[O-])ccc1Cl. The summed E-state index contributed by atoms with van der Waals surface area (Å²) in [7, 11) is 1.35. The number of nitrogens with one attached hydrogen (secondary N) is 2. The number of hydrogen-bond donors (Lipinski definition) is 2. The largest absolute Gasteiger partial charge is 0.495 e. The third kappa shape index (κ3) is 5.18. The van der Waals surface area contributed by atoms with E-state index in [1.54, 1.807) is 6.07 Å². The summed E-state index contributed by atoms with van der Waals surface area (Å²) in [4.78, 5) is 32.8. The van der Waals surface area contributed by atoms with Gasteiger partial charge in [-0.15, -0.1) is 0 Å². The molecule has 0 unspecified atom stereocenters. The van der Waals surface area contributed by atoms with Gasteiger partial charge in [-0.1, -0.05) is 11.6 Å². The Morgan fingerprint density at radius 2 is 1.72 bits per heavy atom. The van der Waals surface area contributed by atoms with E-state index in [2.05, 4.69) is 10.6 Å². The highest BCUT2D eigenvalue weighted by molar-refractivity contribution is 6.34. The fourth-order valence-electron chi connectivity index (χ4n) is 2.13. The van der Waals surface area contributed by atoms with Gasteiger partial charge in [0.05, 0.1) is 33.4 Å². The highest BCUT2D eigenvalue weighted by Gasteiger charge is 2.16. The van der Waals surface area contributed by atoms with Gasteiger partial charge in [-0.2, -0.15) is 5.26 Å². The number of nitriles is 1. The van der Waals surface area contributed by atoms with Gasteiger partial charge >= 0.3 is 0 Å². The zero-order valence-corrected chi connectivity index (χ0v) is 15.5. The smallest absolute Gasteiger partial charge is 0.271 e. The number of benzene rings is 2. The molecule has 0 aliphatic carbocycles. The lowest BCUT2D eigenvalue weighted by Gasteiger charge is -2.09. The zero-order chi connectivity index (χ0) is 21.6. The minimum Gasteiger partial charge on any atom is -0.495 e. The van der Waals surface area contributed by atoms with Gasteiger partial charge in [-0.3, -0.25) is 25.0 Å². The minimum atomic E-state index is -0.896. The van der Waals surface area contributed by atoms with Gasteiger partial charge in [-0.25, -0.2) is 0 Å². The van der Waals surface area contributed by atoms with Crippen molar-refractivity contribution in [2.24, 2.45) is 0 Å². The van der Waals surface area contributed by atoms with Crippen molar-refractivity contribution in [2.45, 2.75) is 0 Å².